The molecule has 1 aliphatic carbocycles. The van der Waals surface area contributed by atoms with Gasteiger partial charge in [-0.05, 0) is 78.9 Å². The smallest absolute Gasteiger partial charge is 0.253 e. The fourth-order valence-electron chi connectivity index (χ4n) is 5.75. The van der Waals surface area contributed by atoms with Crippen molar-refractivity contribution in [2.24, 2.45) is 0 Å². The van der Waals surface area contributed by atoms with E-state index < -0.39 is 5.60 Å². The molecule has 1 amide bonds. The summed E-state index contributed by atoms with van der Waals surface area (Å²) >= 11 is 1.66. The number of nitrogens with zero attached hydrogens (tertiary/aromatic N) is 2. The molecular formula is C28H26N4O2S. The fourth-order valence-corrected chi connectivity index (χ4v) is 6.95. The Morgan fingerprint density at radius 1 is 1.06 bits per heavy atom. The highest BCUT2D eigenvalue weighted by molar-refractivity contribution is 7.19. The predicted octanol–water partition coefficient (Wildman–Crippen LogP) is 5.39. The molecule has 35 heavy (non-hydrogen) atoms. The van der Waals surface area contributed by atoms with Crippen LogP contribution in [0.3, 0.4) is 0 Å². The lowest BCUT2D eigenvalue weighted by atomic mass is 9.89. The van der Waals surface area contributed by atoms with Crippen LogP contribution < -0.4 is 0 Å². The molecule has 2 aromatic carbocycles. The Morgan fingerprint density at radius 3 is 2.77 bits per heavy atom. The van der Waals surface area contributed by atoms with Crippen LogP contribution in [-0.2, 0) is 18.4 Å². The average molecular weight is 483 g/mol. The summed E-state index contributed by atoms with van der Waals surface area (Å²) in [5.41, 5.74) is 5.55. The molecule has 0 radical (unpaired) electrons. The lowest BCUT2D eigenvalue weighted by molar-refractivity contribution is -0.0182. The molecule has 4 heterocycles. The highest BCUT2D eigenvalue weighted by Crippen LogP contribution is 2.40. The number of carbonyl (C=O) groups is 1. The van der Waals surface area contributed by atoms with Gasteiger partial charge in [0.25, 0.3) is 5.91 Å². The van der Waals surface area contributed by atoms with E-state index in [4.69, 9.17) is 0 Å². The topological polar surface area (TPSA) is 85.0 Å². The summed E-state index contributed by atoms with van der Waals surface area (Å²) in [5, 5.41) is 21.1. The van der Waals surface area contributed by atoms with Crippen molar-refractivity contribution in [1.29, 1.82) is 0 Å². The number of likely N-dealkylation sites (tertiary alicyclic amines) is 1. The van der Waals surface area contributed by atoms with Gasteiger partial charge in [0.15, 0.2) is 0 Å². The standard InChI is InChI=1S/C28H26N4O2S/c33-27(32-12-10-28(34,11-13-32)24-15-17-4-1-2-7-23(17)35-24)18-8-9-22-21(14-18)20-6-3-5-19-16-29-31-25(19)26(20)30-22/h1-2,4,7-9,14-16,30,34H,3,5-6,10-13H2,(H,29,31). The lowest BCUT2D eigenvalue weighted by Gasteiger charge is -2.37. The molecule has 0 bridgehead atoms. The van der Waals surface area contributed by atoms with Crippen molar-refractivity contribution >= 4 is 38.2 Å². The van der Waals surface area contributed by atoms with Crippen LogP contribution in [0.5, 0.6) is 0 Å². The van der Waals surface area contributed by atoms with E-state index in [0.717, 1.165) is 46.4 Å². The normalized spacial score (nSPS) is 17.3. The number of benzene rings is 2. The van der Waals surface area contributed by atoms with Gasteiger partial charge in [0.2, 0.25) is 0 Å². The van der Waals surface area contributed by atoms with E-state index in [-0.39, 0.29) is 5.91 Å². The number of H-pyrrole nitrogens is 2. The molecule has 5 aromatic rings. The summed E-state index contributed by atoms with van der Waals surface area (Å²) in [6.45, 7) is 1.09. The van der Waals surface area contributed by atoms with Gasteiger partial charge < -0.3 is 15.0 Å². The molecule has 0 saturated carbocycles. The Morgan fingerprint density at radius 2 is 1.91 bits per heavy atom. The molecule has 1 fully saturated rings. The highest BCUT2D eigenvalue weighted by atomic mass is 32.1. The summed E-state index contributed by atoms with van der Waals surface area (Å²) in [6.07, 6.45) is 6.06. The van der Waals surface area contributed by atoms with E-state index in [1.54, 1.807) is 11.3 Å². The maximum absolute atomic E-state index is 13.5. The van der Waals surface area contributed by atoms with Crippen LogP contribution in [0, 0.1) is 0 Å². The van der Waals surface area contributed by atoms with E-state index in [9.17, 15) is 9.90 Å². The van der Waals surface area contributed by atoms with Crippen molar-refractivity contribution in [2.45, 2.75) is 37.7 Å². The van der Waals surface area contributed by atoms with E-state index in [0.29, 0.717) is 31.5 Å². The molecule has 7 heteroatoms. The Labute approximate surface area is 206 Å². The van der Waals surface area contributed by atoms with Crippen LogP contribution in [0.15, 0.2) is 54.7 Å². The minimum atomic E-state index is -0.871. The number of aromatic amines is 2. The number of fused-ring (bicyclic) bond motifs is 6. The summed E-state index contributed by atoms with van der Waals surface area (Å²) in [5.74, 6) is 0.0380. The van der Waals surface area contributed by atoms with Gasteiger partial charge in [0.05, 0.1) is 17.6 Å². The highest BCUT2D eigenvalue weighted by Gasteiger charge is 2.37. The molecule has 0 atom stereocenters. The third-order valence-corrected chi connectivity index (χ3v) is 9.07. The lowest BCUT2D eigenvalue weighted by Crippen LogP contribution is -2.44. The SMILES string of the molecule is O=C(c1ccc2[nH]c3c(c2c1)CCCc1cn[nH]c1-3)N1CCC(O)(c2cc3ccccc3s2)CC1. The molecule has 2 aliphatic rings. The summed E-state index contributed by atoms with van der Waals surface area (Å²) in [4.78, 5) is 19.9. The molecule has 176 valence electrons. The number of piperidine rings is 1. The third kappa shape index (κ3) is 3.33. The molecule has 7 rings (SSSR count). The van der Waals surface area contributed by atoms with Crippen LogP contribution in [0.1, 0.15) is 45.6 Å². The molecule has 0 spiro atoms. The Balaban J connectivity index is 1.15. The number of aliphatic hydroxyl groups is 1. The first kappa shape index (κ1) is 20.9. The van der Waals surface area contributed by atoms with Crippen LogP contribution in [0.4, 0.5) is 0 Å². The monoisotopic (exact) mass is 482 g/mol. The minimum absolute atomic E-state index is 0.0380. The van der Waals surface area contributed by atoms with Gasteiger partial charge in [0, 0.05) is 39.1 Å². The quantitative estimate of drug-likeness (QED) is 0.316. The van der Waals surface area contributed by atoms with Gasteiger partial charge in [-0.2, -0.15) is 5.10 Å². The molecule has 3 aromatic heterocycles. The first-order valence-electron chi connectivity index (χ1n) is 12.3. The second-order valence-electron chi connectivity index (χ2n) is 9.83. The van der Waals surface area contributed by atoms with Crippen LogP contribution >= 0.6 is 11.3 Å². The van der Waals surface area contributed by atoms with Crippen LogP contribution in [0.2, 0.25) is 0 Å². The van der Waals surface area contributed by atoms with Crippen molar-refractivity contribution in [1.82, 2.24) is 20.1 Å². The number of rotatable bonds is 2. The van der Waals surface area contributed by atoms with E-state index in [2.05, 4.69) is 33.4 Å². The van der Waals surface area contributed by atoms with Crippen molar-refractivity contribution in [2.75, 3.05) is 13.1 Å². The van der Waals surface area contributed by atoms with Crippen molar-refractivity contribution in [3.8, 4) is 11.4 Å². The first-order chi connectivity index (χ1) is 17.1. The zero-order chi connectivity index (χ0) is 23.6. The number of amides is 1. The molecule has 0 unspecified atom stereocenters. The number of thiophene rings is 1. The second kappa shape index (κ2) is 7.80. The van der Waals surface area contributed by atoms with E-state index >= 15 is 0 Å². The van der Waals surface area contributed by atoms with Gasteiger partial charge in [-0.1, -0.05) is 18.2 Å². The Hall–Kier alpha value is -3.42. The number of hydrogen-bond acceptors (Lipinski definition) is 4. The molecule has 6 nitrogen and oxygen atoms in total. The van der Waals surface area contributed by atoms with Crippen molar-refractivity contribution in [3.63, 3.8) is 0 Å². The van der Waals surface area contributed by atoms with Gasteiger partial charge in [-0.15, -0.1) is 11.3 Å². The average Bonchev–Trinajstić information content (AvgIpc) is 3.59. The minimum Gasteiger partial charge on any atom is -0.384 e. The van der Waals surface area contributed by atoms with E-state index in [1.807, 2.05) is 41.4 Å². The third-order valence-electron chi connectivity index (χ3n) is 7.76. The van der Waals surface area contributed by atoms with Crippen LogP contribution in [0.25, 0.3) is 32.4 Å². The zero-order valence-electron chi connectivity index (χ0n) is 19.3. The summed E-state index contributed by atoms with van der Waals surface area (Å²) in [6, 6.07) is 16.3. The van der Waals surface area contributed by atoms with Gasteiger partial charge in [-0.3, -0.25) is 9.89 Å². The predicted molar refractivity (Wildman–Crippen MR) is 139 cm³/mol. The number of aryl methyl sites for hydroxylation is 2. The molecular weight excluding hydrogens is 456 g/mol. The van der Waals surface area contributed by atoms with Gasteiger partial charge >= 0.3 is 0 Å². The molecule has 1 saturated heterocycles. The molecule has 3 N–H and O–H groups in total. The van der Waals surface area contributed by atoms with E-state index in [1.165, 1.54) is 21.2 Å². The maximum atomic E-state index is 13.5. The van der Waals surface area contributed by atoms with Crippen molar-refractivity contribution < 1.29 is 9.90 Å². The number of nitrogens with one attached hydrogen (secondary N) is 2. The summed E-state index contributed by atoms with van der Waals surface area (Å²) < 4.78 is 1.19. The van der Waals surface area contributed by atoms with Gasteiger partial charge in [-0.25, -0.2) is 0 Å². The van der Waals surface area contributed by atoms with Crippen molar-refractivity contribution in [3.05, 3.63) is 76.3 Å². The second-order valence-corrected chi connectivity index (χ2v) is 10.9. The fraction of sp³-hybridized carbons (Fsp3) is 0.286. The number of aromatic nitrogens is 3. The Kier molecular flexibility index (Phi) is 4.66. The van der Waals surface area contributed by atoms with Crippen LogP contribution in [-0.4, -0.2) is 44.2 Å². The largest absolute Gasteiger partial charge is 0.384 e. The Bertz CT molecular complexity index is 1550. The number of carbonyl (C=O) groups excluding carboxylic acids is 1. The zero-order valence-corrected chi connectivity index (χ0v) is 20.1. The molecule has 1 aliphatic heterocycles. The van der Waals surface area contributed by atoms with Gasteiger partial charge in [0.1, 0.15) is 5.60 Å². The first-order valence-corrected chi connectivity index (χ1v) is 13.1. The summed E-state index contributed by atoms with van der Waals surface area (Å²) in [7, 11) is 0. The maximum Gasteiger partial charge on any atom is 0.253 e. The number of hydrogen-bond donors (Lipinski definition) is 3.